The molecule has 2 heterocycles. The minimum atomic E-state index is -0.321. The number of nitrogens with one attached hydrogen (secondary N) is 2. The van der Waals surface area contributed by atoms with E-state index < -0.39 is 0 Å². The second-order valence-corrected chi connectivity index (χ2v) is 7.14. The molecule has 27 heavy (non-hydrogen) atoms. The minimum absolute atomic E-state index is 0.0923. The van der Waals surface area contributed by atoms with Gasteiger partial charge in [0.25, 0.3) is 5.91 Å². The maximum atomic E-state index is 12.4. The van der Waals surface area contributed by atoms with E-state index in [4.69, 9.17) is 9.47 Å². The number of hydrogen-bond donors (Lipinski definition) is 2. The summed E-state index contributed by atoms with van der Waals surface area (Å²) in [5.74, 6) is 1.27. The lowest BCUT2D eigenvalue weighted by atomic mass is 10.1. The number of fused-ring (bicyclic) bond motifs is 1. The molecule has 1 atom stereocenters. The van der Waals surface area contributed by atoms with E-state index in [-0.39, 0.29) is 12.1 Å². The monoisotopic (exact) mass is 380 g/mol. The van der Waals surface area contributed by atoms with Crippen LogP contribution in [0.4, 0.5) is 5.69 Å². The van der Waals surface area contributed by atoms with Gasteiger partial charge < -0.3 is 20.1 Å². The van der Waals surface area contributed by atoms with E-state index in [2.05, 4.69) is 10.6 Å². The second kappa shape index (κ2) is 7.72. The van der Waals surface area contributed by atoms with Crippen LogP contribution < -0.4 is 20.1 Å². The van der Waals surface area contributed by atoms with E-state index in [0.29, 0.717) is 30.3 Å². The number of hydrogen-bond acceptors (Lipinski definition) is 5. The van der Waals surface area contributed by atoms with Crippen molar-refractivity contribution in [3.63, 3.8) is 0 Å². The number of amides is 1. The van der Waals surface area contributed by atoms with Gasteiger partial charge in [0.1, 0.15) is 12.8 Å². The normalized spacial score (nSPS) is 15.4. The summed E-state index contributed by atoms with van der Waals surface area (Å²) in [5, 5.41) is 8.38. The molecule has 0 saturated carbocycles. The Morgan fingerprint density at radius 3 is 2.70 bits per heavy atom. The van der Waals surface area contributed by atoms with Crippen LogP contribution in [0.15, 0.2) is 60.0 Å². The molecule has 6 heteroatoms. The van der Waals surface area contributed by atoms with Crippen molar-refractivity contribution in [1.29, 1.82) is 0 Å². The molecule has 0 fully saturated rings. The Morgan fingerprint density at radius 2 is 1.89 bits per heavy atom. The zero-order valence-corrected chi connectivity index (χ0v) is 15.7. The van der Waals surface area contributed by atoms with Crippen molar-refractivity contribution in [2.75, 3.05) is 11.9 Å². The lowest BCUT2D eigenvalue weighted by Gasteiger charge is -2.28. The lowest BCUT2D eigenvalue weighted by molar-refractivity contribution is 0.0935. The van der Waals surface area contributed by atoms with Crippen LogP contribution in [0.1, 0.15) is 33.9 Å². The fraction of sp³-hybridized carbons (Fsp3) is 0.190. The van der Waals surface area contributed by atoms with Gasteiger partial charge in [0.15, 0.2) is 11.5 Å². The van der Waals surface area contributed by atoms with Crippen LogP contribution in [0.2, 0.25) is 0 Å². The van der Waals surface area contributed by atoms with Gasteiger partial charge in [0.2, 0.25) is 0 Å². The van der Waals surface area contributed by atoms with Crippen LogP contribution in [-0.2, 0) is 6.61 Å². The van der Waals surface area contributed by atoms with E-state index in [1.165, 1.54) is 0 Å². The van der Waals surface area contributed by atoms with Crippen molar-refractivity contribution in [1.82, 2.24) is 5.32 Å². The summed E-state index contributed by atoms with van der Waals surface area (Å²) in [6, 6.07) is 17.3. The van der Waals surface area contributed by atoms with Crippen molar-refractivity contribution in [2.45, 2.75) is 19.7 Å². The summed E-state index contributed by atoms with van der Waals surface area (Å²) in [5.41, 5.74) is 2.38. The number of thiophene rings is 1. The predicted molar refractivity (Wildman–Crippen MR) is 107 cm³/mol. The minimum Gasteiger partial charge on any atom is -0.490 e. The molecule has 138 valence electrons. The third-order valence-corrected chi connectivity index (χ3v) is 5.15. The zero-order valence-electron chi connectivity index (χ0n) is 14.9. The molecule has 0 spiro atoms. The standard InChI is InChI=1S/C21H20N2O3S/c1-2-25-19-12-14(9-10-18(19)26-13-15-6-5-11-27-15)20-22-17-8-4-3-7-16(17)21(24)23-20/h3-12,20,22H,2,13H2,1H3,(H,23,24)/t20-/m1/s1. The Balaban J connectivity index is 1.56. The first-order valence-electron chi connectivity index (χ1n) is 8.83. The summed E-state index contributed by atoms with van der Waals surface area (Å²) in [6.45, 7) is 2.97. The highest BCUT2D eigenvalue weighted by molar-refractivity contribution is 7.09. The maximum Gasteiger partial charge on any atom is 0.255 e. The summed E-state index contributed by atoms with van der Waals surface area (Å²) >= 11 is 1.66. The van der Waals surface area contributed by atoms with Crippen molar-refractivity contribution < 1.29 is 14.3 Å². The van der Waals surface area contributed by atoms with Gasteiger partial charge in [-0.15, -0.1) is 11.3 Å². The topological polar surface area (TPSA) is 59.6 Å². The molecule has 5 nitrogen and oxygen atoms in total. The summed E-state index contributed by atoms with van der Waals surface area (Å²) in [4.78, 5) is 13.5. The number of ether oxygens (including phenoxy) is 2. The van der Waals surface area contributed by atoms with E-state index in [0.717, 1.165) is 16.1 Å². The molecule has 3 aromatic rings. The quantitative estimate of drug-likeness (QED) is 0.657. The molecule has 1 amide bonds. The molecule has 1 aliphatic rings. The van der Waals surface area contributed by atoms with Crippen LogP contribution in [0.3, 0.4) is 0 Å². The fourth-order valence-electron chi connectivity index (χ4n) is 3.01. The smallest absolute Gasteiger partial charge is 0.255 e. The van der Waals surface area contributed by atoms with Gasteiger partial charge in [0.05, 0.1) is 12.2 Å². The Bertz CT molecular complexity index is 940. The van der Waals surface area contributed by atoms with Gasteiger partial charge in [-0.2, -0.15) is 0 Å². The van der Waals surface area contributed by atoms with E-state index >= 15 is 0 Å². The molecule has 1 aliphatic heterocycles. The van der Waals surface area contributed by atoms with Crippen LogP contribution in [-0.4, -0.2) is 12.5 Å². The number of rotatable bonds is 6. The van der Waals surface area contributed by atoms with E-state index in [1.807, 2.05) is 60.8 Å². The third-order valence-electron chi connectivity index (χ3n) is 4.30. The van der Waals surface area contributed by atoms with Crippen molar-refractivity contribution in [3.8, 4) is 11.5 Å². The van der Waals surface area contributed by atoms with Crippen LogP contribution in [0, 0.1) is 0 Å². The molecule has 0 unspecified atom stereocenters. The Labute approximate surface area is 161 Å². The van der Waals surface area contributed by atoms with Gasteiger partial charge in [-0.3, -0.25) is 4.79 Å². The average molecular weight is 380 g/mol. The van der Waals surface area contributed by atoms with Gasteiger partial charge in [-0.1, -0.05) is 24.3 Å². The van der Waals surface area contributed by atoms with Crippen molar-refractivity contribution in [3.05, 3.63) is 76.0 Å². The number of benzene rings is 2. The average Bonchev–Trinajstić information content (AvgIpc) is 3.21. The summed E-state index contributed by atoms with van der Waals surface area (Å²) < 4.78 is 11.7. The number of carbonyl (C=O) groups excluding carboxylic acids is 1. The van der Waals surface area contributed by atoms with Crippen molar-refractivity contribution in [2.24, 2.45) is 0 Å². The van der Waals surface area contributed by atoms with Gasteiger partial charge in [-0.05, 0) is 48.2 Å². The summed E-state index contributed by atoms with van der Waals surface area (Å²) in [7, 11) is 0. The first-order chi connectivity index (χ1) is 13.2. The first kappa shape index (κ1) is 17.4. The predicted octanol–water partition coefficient (Wildman–Crippen LogP) is 4.58. The van der Waals surface area contributed by atoms with Crippen molar-refractivity contribution >= 4 is 22.9 Å². The Morgan fingerprint density at radius 1 is 1.00 bits per heavy atom. The number of anilines is 1. The number of carbonyl (C=O) groups is 1. The lowest BCUT2D eigenvalue weighted by Crippen LogP contribution is -2.38. The SMILES string of the molecule is CCOc1cc([C@H]2NC(=O)c3ccccc3N2)ccc1OCc1cccs1. The van der Waals surface area contributed by atoms with E-state index in [9.17, 15) is 4.79 Å². The molecule has 2 aromatic carbocycles. The van der Waals surface area contributed by atoms with Crippen LogP contribution in [0.25, 0.3) is 0 Å². The number of para-hydroxylation sites is 1. The van der Waals surface area contributed by atoms with Crippen LogP contribution >= 0.6 is 11.3 Å². The fourth-order valence-corrected chi connectivity index (χ4v) is 3.63. The molecule has 0 saturated heterocycles. The van der Waals surface area contributed by atoms with Gasteiger partial charge in [0, 0.05) is 10.6 Å². The van der Waals surface area contributed by atoms with Crippen LogP contribution in [0.5, 0.6) is 11.5 Å². The maximum absolute atomic E-state index is 12.4. The highest BCUT2D eigenvalue weighted by Crippen LogP contribution is 2.33. The largest absolute Gasteiger partial charge is 0.490 e. The zero-order chi connectivity index (χ0) is 18.6. The molecule has 2 N–H and O–H groups in total. The third kappa shape index (κ3) is 3.75. The van der Waals surface area contributed by atoms with Gasteiger partial charge >= 0.3 is 0 Å². The molecule has 1 aromatic heterocycles. The summed E-state index contributed by atoms with van der Waals surface area (Å²) in [6.07, 6.45) is -0.321. The molecular weight excluding hydrogens is 360 g/mol. The van der Waals surface area contributed by atoms with Gasteiger partial charge in [-0.25, -0.2) is 0 Å². The Kier molecular flexibility index (Phi) is 4.98. The molecule has 4 rings (SSSR count). The highest BCUT2D eigenvalue weighted by atomic mass is 32.1. The first-order valence-corrected chi connectivity index (χ1v) is 9.71. The molecule has 0 bridgehead atoms. The molecule has 0 radical (unpaired) electrons. The Hall–Kier alpha value is -2.99. The molecule has 0 aliphatic carbocycles. The molecular formula is C21H20N2O3S. The van der Waals surface area contributed by atoms with E-state index in [1.54, 1.807) is 17.4 Å². The highest BCUT2D eigenvalue weighted by Gasteiger charge is 2.25. The second-order valence-electron chi connectivity index (χ2n) is 6.10.